The Labute approximate surface area is 115 Å². The van der Waals surface area contributed by atoms with Gasteiger partial charge in [-0.1, -0.05) is 6.07 Å². The Hall–Kier alpha value is -2.01. The van der Waals surface area contributed by atoms with Crippen molar-refractivity contribution in [3.05, 3.63) is 46.8 Å². The number of nitrogens with zero attached hydrogens (tertiary/aromatic N) is 1. The molecule has 0 radical (unpaired) electrons. The van der Waals surface area contributed by atoms with E-state index < -0.39 is 0 Å². The van der Waals surface area contributed by atoms with Crippen LogP contribution in [-0.2, 0) is 13.0 Å². The summed E-state index contributed by atoms with van der Waals surface area (Å²) in [4.78, 5) is 14.0. The summed E-state index contributed by atoms with van der Waals surface area (Å²) in [5.74, 6) is 0. The molecule has 0 bridgehead atoms. The Kier molecular flexibility index (Phi) is 3.13. The number of fused-ring (bicyclic) bond motifs is 1. The van der Waals surface area contributed by atoms with Crippen LogP contribution < -0.4 is 11.1 Å². The van der Waals surface area contributed by atoms with Crippen LogP contribution >= 0.6 is 11.3 Å². The van der Waals surface area contributed by atoms with Crippen LogP contribution in [0.1, 0.15) is 11.1 Å². The number of carbonyl (C=O) groups excluding carboxylic acids is 1. The van der Waals surface area contributed by atoms with Gasteiger partial charge in [-0.2, -0.15) is 0 Å². The average molecular weight is 273 g/mol. The fourth-order valence-electron chi connectivity index (χ4n) is 2.28. The van der Waals surface area contributed by atoms with Gasteiger partial charge in [0.2, 0.25) is 0 Å². The number of benzene rings is 1. The lowest BCUT2D eigenvalue weighted by Crippen LogP contribution is -2.38. The number of nitrogens with two attached hydrogens (primary N) is 1. The summed E-state index contributed by atoms with van der Waals surface area (Å²) >= 11 is 1.52. The number of hydrogen-bond acceptors (Lipinski definition) is 3. The molecule has 2 aromatic rings. The van der Waals surface area contributed by atoms with E-state index >= 15 is 0 Å². The van der Waals surface area contributed by atoms with Crippen LogP contribution in [0.15, 0.2) is 35.7 Å². The van der Waals surface area contributed by atoms with E-state index in [1.807, 2.05) is 34.5 Å². The first kappa shape index (κ1) is 12.0. The second-order valence-electron chi connectivity index (χ2n) is 4.61. The van der Waals surface area contributed by atoms with E-state index in [0.29, 0.717) is 6.54 Å². The lowest BCUT2D eigenvalue weighted by atomic mass is 9.99. The zero-order valence-electron chi connectivity index (χ0n) is 10.4. The number of amides is 2. The van der Waals surface area contributed by atoms with Gasteiger partial charge in [0.15, 0.2) is 0 Å². The van der Waals surface area contributed by atoms with E-state index in [0.717, 1.165) is 29.2 Å². The molecule has 19 heavy (non-hydrogen) atoms. The molecule has 3 N–H and O–H groups in total. The monoisotopic (exact) mass is 273 g/mol. The van der Waals surface area contributed by atoms with Gasteiger partial charge in [0.1, 0.15) is 0 Å². The summed E-state index contributed by atoms with van der Waals surface area (Å²) in [6.45, 7) is 1.37. The fourth-order valence-corrected chi connectivity index (χ4v) is 2.89. The highest BCUT2D eigenvalue weighted by atomic mass is 32.1. The van der Waals surface area contributed by atoms with Crippen molar-refractivity contribution in [2.24, 2.45) is 0 Å². The van der Waals surface area contributed by atoms with E-state index in [1.54, 1.807) is 0 Å². The third-order valence-corrected chi connectivity index (χ3v) is 4.07. The lowest BCUT2D eigenvalue weighted by molar-refractivity contribution is 0.206. The normalized spacial score (nSPS) is 14.0. The number of rotatable bonds is 1. The van der Waals surface area contributed by atoms with E-state index in [9.17, 15) is 4.79 Å². The molecule has 0 aliphatic carbocycles. The summed E-state index contributed by atoms with van der Waals surface area (Å²) < 4.78 is 0. The van der Waals surface area contributed by atoms with E-state index in [2.05, 4.69) is 11.4 Å². The molecular formula is C14H15N3OS. The highest BCUT2D eigenvalue weighted by Crippen LogP contribution is 2.22. The molecule has 0 saturated carbocycles. The summed E-state index contributed by atoms with van der Waals surface area (Å²) in [6, 6.07) is 9.71. The SMILES string of the molecule is Nc1ccc2c(c1)CN(C(=O)Nc1cccs1)CC2. The third kappa shape index (κ3) is 2.56. The van der Waals surface area contributed by atoms with Gasteiger partial charge in [0.05, 0.1) is 5.00 Å². The molecule has 3 rings (SSSR count). The second kappa shape index (κ2) is 4.93. The molecule has 1 aliphatic heterocycles. The third-order valence-electron chi connectivity index (χ3n) is 3.28. The molecular weight excluding hydrogens is 258 g/mol. The topological polar surface area (TPSA) is 58.4 Å². The van der Waals surface area contributed by atoms with Crippen LogP contribution in [0, 0.1) is 0 Å². The molecule has 1 aliphatic rings. The van der Waals surface area contributed by atoms with Crippen molar-refractivity contribution in [3.8, 4) is 0 Å². The molecule has 0 spiro atoms. The molecule has 2 amide bonds. The Morgan fingerprint density at radius 2 is 2.21 bits per heavy atom. The minimum absolute atomic E-state index is 0.0458. The summed E-state index contributed by atoms with van der Waals surface area (Å²) in [6.07, 6.45) is 0.882. The van der Waals surface area contributed by atoms with Crippen LogP contribution in [0.25, 0.3) is 0 Å². The quantitative estimate of drug-likeness (QED) is 0.785. The predicted molar refractivity (Wildman–Crippen MR) is 78.3 cm³/mol. The number of urea groups is 1. The Balaban J connectivity index is 1.72. The number of nitrogen functional groups attached to an aromatic ring is 1. The number of thiophene rings is 1. The average Bonchev–Trinajstić information content (AvgIpc) is 2.90. The van der Waals surface area contributed by atoms with Crippen LogP contribution in [0.3, 0.4) is 0 Å². The van der Waals surface area contributed by atoms with Crippen molar-refractivity contribution in [1.29, 1.82) is 0 Å². The molecule has 2 heterocycles. The van der Waals surface area contributed by atoms with E-state index in [-0.39, 0.29) is 6.03 Å². The van der Waals surface area contributed by atoms with Crippen LogP contribution in [0.2, 0.25) is 0 Å². The van der Waals surface area contributed by atoms with Crippen molar-refractivity contribution in [3.63, 3.8) is 0 Å². The van der Waals surface area contributed by atoms with Gasteiger partial charge < -0.3 is 10.6 Å². The van der Waals surface area contributed by atoms with Crippen molar-refractivity contribution in [1.82, 2.24) is 4.90 Å². The first-order chi connectivity index (χ1) is 9.22. The maximum absolute atomic E-state index is 12.2. The molecule has 1 aromatic carbocycles. The van der Waals surface area contributed by atoms with Gasteiger partial charge in [-0.25, -0.2) is 4.79 Å². The molecule has 5 heteroatoms. The van der Waals surface area contributed by atoms with Gasteiger partial charge >= 0.3 is 6.03 Å². The molecule has 0 atom stereocenters. The van der Waals surface area contributed by atoms with Gasteiger partial charge in [0.25, 0.3) is 0 Å². The number of hydrogen-bond donors (Lipinski definition) is 2. The van der Waals surface area contributed by atoms with E-state index in [4.69, 9.17) is 5.73 Å². The Morgan fingerprint density at radius 1 is 1.32 bits per heavy atom. The van der Waals surface area contributed by atoms with Gasteiger partial charge in [-0.3, -0.25) is 5.32 Å². The van der Waals surface area contributed by atoms with Crippen LogP contribution in [0.4, 0.5) is 15.5 Å². The van der Waals surface area contributed by atoms with Crippen molar-refractivity contribution in [2.45, 2.75) is 13.0 Å². The Bertz CT molecular complexity index is 595. The van der Waals surface area contributed by atoms with Gasteiger partial charge in [0, 0.05) is 18.8 Å². The van der Waals surface area contributed by atoms with Crippen molar-refractivity contribution in [2.75, 3.05) is 17.6 Å². The summed E-state index contributed by atoms with van der Waals surface area (Å²) in [7, 11) is 0. The molecule has 4 nitrogen and oxygen atoms in total. The van der Waals surface area contributed by atoms with Crippen molar-refractivity contribution < 1.29 is 4.79 Å². The molecule has 0 unspecified atom stereocenters. The van der Waals surface area contributed by atoms with Gasteiger partial charge in [-0.15, -0.1) is 11.3 Å². The first-order valence-corrected chi connectivity index (χ1v) is 7.07. The Morgan fingerprint density at radius 3 is 3.00 bits per heavy atom. The summed E-state index contributed by atoms with van der Waals surface area (Å²) in [5, 5.41) is 5.74. The maximum Gasteiger partial charge on any atom is 0.322 e. The van der Waals surface area contributed by atoms with Crippen molar-refractivity contribution >= 4 is 28.1 Å². The number of nitrogens with one attached hydrogen (secondary N) is 1. The zero-order chi connectivity index (χ0) is 13.2. The second-order valence-corrected chi connectivity index (χ2v) is 5.55. The standard InChI is InChI=1S/C14H15N3OS/c15-12-4-3-10-5-6-17(9-11(10)8-12)14(18)16-13-2-1-7-19-13/h1-4,7-8H,5-6,9,15H2,(H,16,18). The number of anilines is 2. The van der Waals surface area contributed by atoms with Crippen LogP contribution in [0.5, 0.6) is 0 Å². The maximum atomic E-state index is 12.2. The predicted octanol–water partition coefficient (Wildman–Crippen LogP) is 2.92. The fraction of sp³-hybridized carbons (Fsp3) is 0.214. The zero-order valence-corrected chi connectivity index (χ0v) is 11.2. The lowest BCUT2D eigenvalue weighted by Gasteiger charge is -2.29. The van der Waals surface area contributed by atoms with Crippen LogP contribution in [-0.4, -0.2) is 17.5 Å². The highest BCUT2D eigenvalue weighted by Gasteiger charge is 2.20. The van der Waals surface area contributed by atoms with E-state index in [1.165, 1.54) is 16.9 Å². The minimum atomic E-state index is -0.0458. The first-order valence-electron chi connectivity index (χ1n) is 6.19. The molecule has 0 fully saturated rings. The molecule has 0 saturated heterocycles. The molecule has 98 valence electrons. The highest BCUT2D eigenvalue weighted by molar-refractivity contribution is 7.14. The minimum Gasteiger partial charge on any atom is -0.399 e. The largest absolute Gasteiger partial charge is 0.399 e. The summed E-state index contributed by atoms with van der Waals surface area (Å²) in [5.41, 5.74) is 8.98. The van der Waals surface area contributed by atoms with Gasteiger partial charge in [-0.05, 0) is 47.2 Å². The smallest absolute Gasteiger partial charge is 0.322 e. The molecule has 1 aromatic heterocycles. The number of carbonyl (C=O) groups is 1.